The lowest BCUT2D eigenvalue weighted by molar-refractivity contribution is 0.755. The number of rotatable bonds is 5. The normalized spacial score (nSPS) is 12.3. The molecule has 7 nitrogen and oxygen atoms in total. The first-order valence-corrected chi connectivity index (χ1v) is 8.00. The fraction of sp³-hybridized carbons (Fsp3) is 0.267. The monoisotopic (exact) mass is 375 g/mol. The van der Waals surface area contributed by atoms with Crippen LogP contribution in [0.3, 0.4) is 0 Å². The van der Waals surface area contributed by atoms with Crippen LogP contribution < -0.4 is 16.4 Å². The Bertz CT molecular complexity index is 830. The summed E-state index contributed by atoms with van der Waals surface area (Å²) in [6.45, 7) is 0.531. The maximum absolute atomic E-state index is 6.23. The first kappa shape index (κ1) is 15.7. The van der Waals surface area contributed by atoms with Crippen LogP contribution in [0.5, 0.6) is 0 Å². The van der Waals surface area contributed by atoms with Gasteiger partial charge < -0.3 is 16.4 Å². The summed E-state index contributed by atoms with van der Waals surface area (Å²) in [6, 6.07) is 7.80. The van der Waals surface area contributed by atoms with E-state index in [2.05, 4.69) is 41.6 Å². The van der Waals surface area contributed by atoms with Gasteiger partial charge in [-0.05, 0) is 17.7 Å². The highest BCUT2D eigenvalue weighted by atomic mass is 79.9. The highest BCUT2D eigenvalue weighted by Crippen LogP contribution is 2.21. The van der Waals surface area contributed by atoms with E-state index in [1.54, 1.807) is 10.9 Å². The molecule has 0 saturated heterocycles. The third-order valence-electron chi connectivity index (χ3n) is 3.59. The number of aromatic nitrogens is 4. The maximum Gasteiger partial charge on any atom is 0.226 e. The Labute approximate surface area is 142 Å². The number of nitrogens with one attached hydrogen (secondary N) is 2. The second-order valence-corrected chi connectivity index (χ2v) is 6.11. The number of hydrogen-bond donors (Lipinski definition) is 3. The van der Waals surface area contributed by atoms with Crippen LogP contribution in [0.15, 0.2) is 34.9 Å². The summed E-state index contributed by atoms with van der Waals surface area (Å²) in [5.74, 6) is 1.26. The van der Waals surface area contributed by atoms with Gasteiger partial charge in [0.05, 0.1) is 11.6 Å². The number of halogens is 1. The molecule has 0 aliphatic rings. The van der Waals surface area contributed by atoms with E-state index in [0.29, 0.717) is 12.5 Å². The average molecular weight is 376 g/mol. The van der Waals surface area contributed by atoms with Crippen molar-refractivity contribution in [3.05, 3.63) is 40.5 Å². The number of benzene rings is 1. The molecule has 23 heavy (non-hydrogen) atoms. The quantitative estimate of drug-likeness (QED) is 0.633. The number of hydrogen-bond acceptors (Lipinski definition) is 6. The van der Waals surface area contributed by atoms with E-state index in [-0.39, 0.29) is 6.04 Å². The fourth-order valence-electron chi connectivity index (χ4n) is 2.35. The minimum atomic E-state index is -0.156. The fourth-order valence-corrected chi connectivity index (χ4v) is 2.77. The first-order valence-electron chi connectivity index (χ1n) is 7.21. The van der Waals surface area contributed by atoms with E-state index < -0.39 is 0 Å². The molecule has 0 saturated carbocycles. The van der Waals surface area contributed by atoms with Crippen LogP contribution in [0.1, 0.15) is 11.6 Å². The molecular formula is C15H18BrN7. The van der Waals surface area contributed by atoms with E-state index in [1.165, 1.54) is 0 Å². The van der Waals surface area contributed by atoms with Crippen molar-refractivity contribution in [1.82, 2.24) is 19.7 Å². The molecule has 1 atom stereocenters. The number of anilines is 2. The molecule has 0 bridgehead atoms. The molecule has 120 valence electrons. The zero-order chi connectivity index (χ0) is 16.4. The predicted octanol–water partition coefficient (Wildman–Crippen LogP) is 2.28. The molecular weight excluding hydrogens is 358 g/mol. The van der Waals surface area contributed by atoms with Crippen molar-refractivity contribution < 1.29 is 0 Å². The van der Waals surface area contributed by atoms with Crippen LogP contribution >= 0.6 is 15.9 Å². The minimum Gasteiger partial charge on any atom is -0.372 e. The summed E-state index contributed by atoms with van der Waals surface area (Å²) in [6.07, 6.45) is 1.75. The van der Waals surface area contributed by atoms with Gasteiger partial charge in [-0.2, -0.15) is 15.1 Å². The molecule has 2 aromatic heterocycles. The Morgan fingerprint density at radius 3 is 2.91 bits per heavy atom. The van der Waals surface area contributed by atoms with Gasteiger partial charge in [-0.1, -0.05) is 28.1 Å². The summed E-state index contributed by atoms with van der Waals surface area (Å²) in [5.41, 5.74) is 8.04. The van der Waals surface area contributed by atoms with Crippen molar-refractivity contribution in [1.29, 1.82) is 0 Å². The average Bonchev–Trinajstić information content (AvgIpc) is 2.93. The Morgan fingerprint density at radius 2 is 2.17 bits per heavy atom. The van der Waals surface area contributed by atoms with Crippen LogP contribution in [0.25, 0.3) is 11.0 Å². The number of nitrogens with zero attached hydrogens (tertiary/aromatic N) is 4. The Kier molecular flexibility index (Phi) is 4.44. The van der Waals surface area contributed by atoms with Crippen molar-refractivity contribution >= 4 is 38.7 Å². The summed E-state index contributed by atoms with van der Waals surface area (Å²) >= 11 is 3.46. The van der Waals surface area contributed by atoms with Gasteiger partial charge in [0.15, 0.2) is 5.65 Å². The van der Waals surface area contributed by atoms with E-state index in [0.717, 1.165) is 26.9 Å². The maximum atomic E-state index is 6.23. The number of fused-ring (bicyclic) bond motifs is 1. The Morgan fingerprint density at radius 1 is 1.35 bits per heavy atom. The molecule has 0 fully saturated rings. The van der Waals surface area contributed by atoms with Crippen molar-refractivity contribution in [2.45, 2.75) is 6.04 Å². The molecule has 2 heterocycles. The van der Waals surface area contributed by atoms with E-state index in [1.807, 2.05) is 38.4 Å². The van der Waals surface area contributed by atoms with Crippen molar-refractivity contribution in [2.24, 2.45) is 12.8 Å². The van der Waals surface area contributed by atoms with Gasteiger partial charge >= 0.3 is 0 Å². The SMILES string of the molecule is CNc1nc(NCC(N)c2cccc(Br)c2)nc2c1cnn2C. The van der Waals surface area contributed by atoms with Gasteiger partial charge in [0.1, 0.15) is 5.82 Å². The summed E-state index contributed by atoms with van der Waals surface area (Å²) < 4.78 is 2.73. The molecule has 0 aliphatic carbocycles. The summed E-state index contributed by atoms with van der Waals surface area (Å²) in [5, 5.41) is 11.4. The molecule has 1 unspecified atom stereocenters. The minimum absolute atomic E-state index is 0.156. The van der Waals surface area contributed by atoms with Crippen LogP contribution in [0.2, 0.25) is 0 Å². The van der Waals surface area contributed by atoms with Gasteiger partial charge in [-0.15, -0.1) is 0 Å². The molecule has 0 amide bonds. The third kappa shape index (κ3) is 3.27. The third-order valence-corrected chi connectivity index (χ3v) is 4.08. The van der Waals surface area contributed by atoms with Gasteiger partial charge in [-0.25, -0.2) is 0 Å². The molecule has 3 aromatic rings. The van der Waals surface area contributed by atoms with E-state index in [9.17, 15) is 0 Å². The molecule has 0 radical (unpaired) electrons. The number of nitrogens with two attached hydrogens (primary N) is 1. The van der Waals surface area contributed by atoms with Gasteiger partial charge in [0.2, 0.25) is 5.95 Å². The zero-order valence-electron chi connectivity index (χ0n) is 12.9. The molecule has 0 aliphatic heterocycles. The highest BCUT2D eigenvalue weighted by Gasteiger charge is 2.12. The van der Waals surface area contributed by atoms with Crippen molar-refractivity contribution in [3.8, 4) is 0 Å². The van der Waals surface area contributed by atoms with Crippen LogP contribution in [-0.2, 0) is 7.05 Å². The lowest BCUT2D eigenvalue weighted by Gasteiger charge is -2.14. The molecule has 8 heteroatoms. The lowest BCUT2D eigenvalue weighted by atomic mass is 10.1. The molecule has 0 spiro atoms. The van der Waals surface area contributed by atoms with Crippen LogP contribution in [0, 0.1) is 0 Å². The molecule has 3 rings (SSSR count). The van der Waals surface area contributed by atoms with Crippen molar-refractivity contribution in [2.75, 3.05) is 24.2 Å². The molecule has 1 aromatic carbocycles. The van der Waals surface area contributed by atoms with E-state index in [4.69, 9.17) is 5.73 Å². The van der Waals surface area contributed by atoms with Crippen LogP contribution in [-0.4, -0.2) is 33.3 Å². The number of aryl methyl sites for hydroxylation is 1. The van der Waals surface area contributed by atoms with Crippen molar-refractivity contribution in [3.63, 3.8) is 0 Å². The second-order valence-electron chi connectivity index (χ2n) is 5.19. The highest BCUT2D eigenvalue weighted by molar-refractivity contribution is 9.10. The molecule has 4 N–H and O–H groups in total. The van der Waals surface area contributed by atoms with Gasteiger partial charge in [0.25, 0.3) is 0 Å². The smallest absolute Gasteiger partial charge is 0.226 e. The largest absolute Gasteiger partial charge is 0.372 e. The van der Waals surface area contributed by atoms with E-state index >= 15 is 0 Å². The standard InChI is InChI=1S/C15H18BrN7/c1-18-13-11-7-20-23(2)14(11)22-15(21-13)19-8-12(17)9-4-3-5-10(16)6-9/h3-7,12H,8,17H2,1-2H3,(H2,18,19,21,22). The predicted molar refractivity (Wildman–Crippen MR) is 95.4 cm³/mol. The Balaban J connectivity index is 1.80. The lowest BCUT2D eigenvalue weighted by Crippen LogP contribution is -2.21. The first-order chi connectivity index (χ1) is 11.1. The summed E-state index contributed by atoms with van der Waals surface area (Å²) in [7, 11) is 3.68. The second kappa shape index (κ2) is 6.51. The van der Waals surface area contributed by atoms with Gasteiger partial charge in [-0.3, -0.25) is 4.68 Å². The zero-order valence-corrected chi connectivity index (χ0v) is 14.5. The van der Waals surface area contributed by atoms with Crippen LogP contribution in [0.4, 0.5) is 11.8 Å². The van der Waals surface area contributed by atoms with Gasteiger partial charge in [0, 0.05) is 31.2 Å². The summed E-state index contributed by atoms with van der Waals surface area (Å²) in [4.78, 5) is 8.96. The topological polar surface area (TPSA) is 93.7 Å². The Hall–Kier alpha value is -2.19.